The molecule has 1 saturated carbocycles. The third-order valence-corrected chi connectivity index (χ3v) is 8.02. The molecule has 2 aliphatic rings. The third kappa shape index (κ3) is 4.65. The van der Waals surface area contributed by atoms with E-state index in [0.29, 0.717) is 12.5 Å². The first-order valence-electron chi connectivity index (χ1n) is 10.2. The molecular weight excluding hydrogens is 419 g/mol. The lowest BCUT2D eigenvalue weighted by Crippen LogP contribution is -2.48. The smallest absolute Gasteiger partial charge is 0.352 e. The van der Waals surface area contributed by atoms with Crippen LogP contribution in [0.5, 0.6) is 0 Å². The molecule has 30 heavy (non-hydrogen) atoms. The Balaban J connectivity index is 1.72. The predicted molar refractivity (Wildman–Crippen MR) is 106 cm³/mol. The summed E-state index contributed by atoms with van der Waals surface area (Å²) in [6.45, 7) is 2.46. The molecule has 1 saturated heterocycles. The number of sulfonamides is 1. The Morgan fingerprint density at radius 3 is 2.63 bits per heavy atom. The summed E-state index contributed by atoms with van der Waals surface area (Å²) in [4.78, 5) is 12.2. The van der Waals surface area contributed by atoms with Crippen LogP contribution in [0.1, 0.15) is 38.2 Å². The van der Waals surface area contributed by atoms with Crippen LogP contribution < -0.4 is 10.6 Å². The number of alkyl halides is 3. The van der Waals surface area contributed by atoms with Gasteiger partial charge in [0.15, 0.2) is 0 Å². The van der Waals surface area contributed by atoms with Crippen molar-refractivity contribution in [2.75, 3.05) is 20.1 Å². The molecule has 1 amide bonds. The van der Waals surface area contributed by atoms with Crippen LogP contribution in [0.4, 0.5) is 13.2 Å². The predicted octanol–water partition coefficient (Wildman–Crippen LogP) is 2.61. The van der Waals surface area contributed by atoms with Crippen LogP contribution in [0.3, 0.4) is 0 Å². The van der Waals surface area contributed by atoms with Gasteiger partial charge in [0.25, 0.3) is 0 Å². The lowest BCUT2D eigenvalue weighted by molar-refractivity contribution is -0.137. The summed E-state index contributed by atoms with van der Waals surface area (Å²) in [5, 5.41) is 6.05. The number of benzene rings is 1. The van der Waals surface area contributed by atoms with Crippen LogP contribution in [0.15, 0.2) is 29.2 Å². The van der Waals surface area contributed by atoms with E-state index in [4.69, 9.17) is 0 Å². The minimum atomic E-state index is -4.61. The monoisotopic (exact) mass is 447 g/mol. The highest BCUT2D eigenvalue weighted by Gasteiger charge is 2.47. The third-order valence-electron chi connectivity index (χ3n) is 6.19. The number of hydrogen-bond acceptors (Lipinski definition) is 4. The van der Waals surface area contributed by atoms with Crippen LogP contribution in [0.2, 0.25) is 0 Å². The van der Waals surface area contributed by atoms with Gasteiger partial charge in [0.2, 0.25) is 15.9 Å². The van der Waals surface area contributed by atoms with Crippen LogP contribution >= 0.6 is 0 Å². The number of rotatable bonds is 7. The van der Waals surface area contributed by atoms with Crippen molar-refractivity contribution in [1.82, 2.24) is 14.9 Å². The number of likely N-dealkylation sites (N-methyl/N-ethyl adjacent to an activating group) is 1. The van der Waals surface area contributed by atoms with Gasteiger partial charge in [-0.3, -0.25) is 4.79 Å². The van der Waals surface area contributed by atoms with E-state index in [9.17, 15) is 26.4 Å². The van der Waals surface area contributed by atoms with Crippen molar-refractivity contribution < 1.29 is 26.4 Å². The molecule has 1 aromatic carbocycles. The number of carbonyl (C=O) groups excluding carboxylic acids is 1. The van der Waals surface area contributed by atoms with Gasteiger partial charge < -0.3 is 10.6 Å². The van der Waals surface area contributed by atoms with Crippen molar-refractivity contribution in [3.05, 3.63) is 29.8 Å². The zero-order valence-electron chi connectivity index (χ0n) is 17.1. The van der Waals surface area contributed by atoms with E-state index in [1.165, 1.54) is 10.4 Å². The Kier molecular flexibility index (Phi) is 6.78. The number of nitrogens with one attached hydrogen (secondary N) is 2. The lowest BCUT2D eigenvalue weighted by atomic mass is 9.97. The molecule has 2 N–H and O–H groups in total. The summed E-state index contributed by atoms with van der Waals surface area (Å²) >= 11 is 0. The van der Waals surface area contributed by atoms with Gasteiger partial charge in [-0.25, -0.2) is 8.42 Å². The fourth-order valence-corrected chi connectivity index (χ4v) is 6.14. The number of carbonyl (C=O) groups is 1. The summed E-state index contributed by atoms with van der Waals surface area (Å²) in [6, 6.07) is 3.43. The van der Waals surface area contributed by atoms with Crippen molar-refractivity contribution in [3.8, 4) is 0 Å². The summed E-state index contributed by atoms with van der Waals surface area (Å²) < 4.78 is 66.2. The number of fused-ring (bicyclic) bond motifs is 1. The van der Waals surface area contributed by atoms with Crippen LogP contribution in [0, 0.1) is 11.8 Å². The normalized spacial score (nSPS) is 25.8. The molecule has 2 fully saturated rings. The summed E-state index contributed by atoms with van der Waals surface area (Å²) in [6.07, 6.45) is -1.48. The SMILES string of the molecule is CCC[C@H](NC)C(=O)N[C@H]1CC[C@@H]2CN(S(=O)(=O)c3cccc(C(F)(F)F)c3)C[C@@H]21. The Hall–Kier alpha value is -1.65. The average Bonchev–Trinajstić information content (AvgIpc) is 3.28. The number of halogens is 3. The van der Waals surface area contributed by atoms with Crippen molar-refractivity contribution in [3.63, 3.8) is 0 Å². The topological polar surface area (TPSA) is 78.5 Å². The van der Waals surface area contributed by atoms with Crippen molar-refractivity contribution in [1.29, 1.82) is 0 Å². The first-order valence-corrected chi connectivity index (χ1v) is 11.7. The molecule has 1 heterocycles. The largest absolute Gasteiger partial charge is 0.416 e. The molecule has 0 unspecified atom stereocenters. The minimum Gasteiger partial charge on any atom is -0.352 e. The highest BCUT2D eigenvalue weighted by molar-refractivity contribution is 7.89. The Morgan fingerprint density at radius 2 is 2.00 bits per heavy atom. The van der Waals surface area contributed by atoms with E-state index in [1.807, 2.05) is 6.92 Å². The van der Waals surface area contributed by atoms with Gasteiger partial charge in [-0.05, 0) is 56.3 Å². The van der Waals surface area contributed by atoms with Crippen LogP contribution in [-0.4, -0.2) is 50.9 Å². The molecule has 4 atom stereocenters. The van der Waals surface area contributed by atoms with Crippen molar-refractivity contribution in [2.45, 2.75) is 55.8 Å². The Labute approximate surface area is 175 Å². The molecule has 0 spiro atoms. The van der Waals surface area contributed by atoms with Gasteiger partial charge in [0.05, 0.1) is 16.5 Å². The molecular formula is C20H28F3N3O3S. The van der Waals surface area contributed by atoms with E-state index in [-0.39, 0.29) is 47.8 Å². The van der Waals surface area contributed by atoms with Gasteiger partial charge in [-0.2, -0.15) is 17.5 Å². The van der Waals surface area contributed by atoms with Crippen LogP contribution in [-0.2, 0) is 21.0 Å². The second kappa shape index (κ2) is 8.84. The quantitative estimate of drug-likeness (QED) is 0.674. The minimum absolute atomic E-state index is 0.0337. The second-order valence-electron chi connectivity index (χ2n) is 8.09. The summed E-state index contributed by atoms with van der Waals surface area (Å²) in [5.41, 5.74) is -0.984. The highest BCUT2D eigenvalue weighted by Crippen LogP contribution is 2.40. The fourth-order valence-electron chi connectivity index (χ4n) is 4.56. The molecule has 1 aliphatic carbocycles. The van der Waals surface area contributed by atoms with E-state index < -0.39 is 21.8 Å². The standard InChI is InChI=1S/C20H28F3N3O3S/c1-3-5-18(24-2)19(27)25-17-9-8-13-11-26(12-16(13)17)30(28,29)15-7-4-6-14(10-15)20(21,22)23/h4,6-7,10,13,16-18,24H,3,5,8-9,11-12H2,1-2H3,(H,25,27)/t13-,16+,17+,18+/m1/s1. The lowest BCUT2D eigenvalue weighted by Gasteiger charge is -2.24. The highest BCUT2D eigenvalue weighted by atomic mass is 32.2. The maximum absolute atomic E-state index is 13.0. The van der Waals surface area contributed by atoms with Gasteiger partial charge in [0.1, 0.15) is 0 Å². The van der Waals surface area contributed by atoms with Gasteiger partial charge >= 0.3 is 6.18 Å². The van der Waals surface area contributed by atoms with Crippen molar-refractivity contribution in [2.24, 2.45) is 11.8 Å². The molecule has 168 valence electrons. The van der Waals surface area contributed by atoms with E-state index in [1.54, 1.807) is 7.05 Å². The molecule has 10 heteroatoms. The molecule has 0 radical (unpaired) electrons. The molecule has 0 bridgehead atoms. The fraction of sp³-hybridized carbons (Fsp3) is 0.650. The van der Waals surface area contributed by atoms with Gasteiger partial charge in [-0.15, -0.1) is 0 Å². The molecule has 1 aromatic rings. The summed E-state index contributed by atoms with van der Waals surface area (Å²) in [7, 11) is -2.30. The number of nitrogens with zero attached hydrogens (tertiary/aromatic N) is 1. The molecule has 1 aliphatic heterocycles. The molecule has 0 aromatic heterocycles. The average molecular weight is 448 g/mol. The van der Waals surface area contributed by atoms with Gasteiger partial charge in [0, 0.05) is 19.1 Å². The maximum Gasteiger partial charge on any atom is 0.416 e. The zero-order chi connectivity index (χ0) is 22.1. The van der Waals surface area contributed by atoms with Gasteiger partial charge in [-0.1, -0.05) is 19.4 Å². The number of amides is 1. The Morgan fingerprint density at radius 1 is 1.27 bits per heavy atom. The first-order chi connectivity index (χ1) is 14.1. The van der Waals surface area contributed by atoms with E-state index in [2.05, 4.69) is 10.6 Å². The molecule has 6 nitrogen and oxygen atoms in total. The first kappa shape index (κ1) is 23.0. The van der Waals surface area contributed by atoms with Crippen molar-refractivity contribution >= 4 is 15.9 Å². The van der Waals surface area contributed by atoms with E-state index >= 15 is 0 Å². The maximum atomic E-state index is 13.0. The summed E-state index contributed by atoms with van der Waals surface area (Å²) in [5.74, 6) is -0.0343. The Bertz CT molecular complexity index is 876. The van der Waals surface area contributed by atoms with E-state index in [0.717, 1.165) is 31.4 Å². The molecule has 3 rings (SSSR count). The van der Waals surface area contributed by atoms with Crippen LogP contribution in [0.25, 0.3) is 0 Å². The second-order valence-corrected chi connectivity index (χ2v) is 10.0. The number of hydrogen-bond donors (Lipinski definition) is 2. The zero-order valence-corrected chi connectivity index (χ0v) is 17.9.